The molecule has 1 aliphatic rings. The number of pyridine rings is 1. The molecule has 3 nitrogen and oxygen atoms in total. The molecular weight excluding hydrogens is 336 g/mol. The summed E-state index contributed by atoms with van der Waals surface area (Å²) >= 11 is 6.68. The highest BCUT2D eigenvalue weighted by Gasteiger charge is 2.33. The number of hydrogen-bond acceptors (Lipinski definition) is 4. The average molecular weight is 348 g/mol. The van der Waals surface area contributed by atoms with Crippen molar-refractivity contribution in [2.45, 2.75) is 0 Å². The van der Waals surface area contributed by atoms with Gasteiger partial charge >= 0.3 is 0 Å². The van der Waals surface area contributed by atoms with Crippen molar-refractivity contribution in [3.05, 3.63) is 77.3 Å². The average Bonchev–Trinajstić information content (AvgIpc) is 2.89. The van der Waals surface area contributed by atoms with Gasteiger partial charge < -0.3 is 0 Å². The Labute approximate surface area is 149 Å². The third kappa shape index (κ3) is 2.72. The van der Waals surface area contributed by atoms with Crippen LogP contribution in [0.1, 0.15) is 5.69 Å². The van der Waals surface area contributed by atoms with Crippen LogP contribution in [0.4, 0.5) is 5.69 Å². The van der Waals surface area contributed by atoms with Gasteiger partial charge in [0.25, 0.3) is 5.91 Å². The van der Waals surface area contributed by atoms with E-state index in [-0.39, 0.29) is 5.91 Å². The molecule has 1 aliphatic heterocycles. The number of hydrogen-bond donors (Lipinski definition) is 0. The number of rotatable bonds is 2. The second kappa shape index (κ2) is 6.19. The lowest BCUT2D eigenvalue weighted by Crippen LogP contribution is -2.27. The molecule has 0 saturated carbocycles. The predicted octanol–water partition coefficient (Wildman–Crippen LogP) is 4.64. The summed E-state index contributed by atoms with van der Waals surface area (Å²) in [6, 6.07) is 21.3. The molecule has 2 aromatic carbocycles. The molecule has 0 atom stereocenters. The maximum Gasteiger partial charge on any atom is 0.270 e. The molecule has 0 aliphatic carbocycles. The van der Waals surface area contributed by atoms with Crippen LogP contribution in [0.15, 0.2) is 71.6 Å². The van der Waals surface area contributed by atoms with E-state index in [0.29, 0.717) is 9.23 Å². The fraction of sp³-hybridized carbons (Fsp3) is 0. The zero-order valence-electron chi connectivity index (χ0n) is 12.5. The number of aromatic nitrogens is 1. The van der Waals surface area contributed by atoms with Crippen molar-refractivity contribution in [1.29, 1.82) is 0 Å². The highest BCUT2D eigenvalue weighted by molar-refractivity contribution is 8.27. The molecule has 1 amide bonds. The molecule has 4 rings (SSSR count). The van der Waals surface area contributed by atoms with Crippen molar-refractivity contribution in [1.82, 2.24) is 4.98 Å². The number of amides is 1. The SMILES string of the molecule is O=C1/C(=C\c2ccc3ccccc3n2)SC(=S)N1c1ccccc1. The van der Waals surface area contributed by atoms with Crippen LogP contribution in [0.5, 0.6) is 0 Å². The van der Waals surface area contributed by atoms with Gasteiger partial charge in [0.2, 0.25) is 0 Å². The third-order valence-corrected chi connectivity index (χ3v) is 5.01. The molecule has 1 fully saturated rings. The van der Waals surface area contributed by atoms with E-state index in [1.807, 2.05) is 66.7 Å². The summed E-state index contributed by atoms with van der Waals surface area (Å²) < 4.78 is 0.540. The van der Waals surface area contributed by atoms with E-state index in [9.17, 15) is 4.79 Å². The van der Waals surface area contributed by atoms with Crippen molar-refractivity contribution in [3.63, 3.8) is 0 Å². The molecule has 3 aromatic rings. The van der Waals surface area contributed by atoms with Crippen molar-refractivity contribution < 1.29 is 4.79 Å². The Balaban J connectivity index is 1.70. The van der Waals surface area contributed by atoms with E-state index in [0.717, 1.165) is 22.3 Å². The van der Waals surface area contributed by atoms with Crippen LogP contribution in [-0.4, -0.2) is 15.2 Å². The van der Waals surface area contributed by atoms with Gasteiger partial charge in [-0.1, -0.05) is 66.4 Å². The number of para-hydroxylation sites is 2. The van der Waals surface area contributed by atoms with E-state index >= 15 is 0 Å². The zero-order chi connectivity index (χ0) is 16.5. The molecule has 2 heterocycles. The largest absolute Gasteiger partial charge is 0.270 e. The number of fused-ring (bicyclic) bond motifs is 1. The topological polar surface area (TPSA) is 33.2 Å². The van der Waals surface area contributed by atoms with E-state index in [1.165, 1.54) is 11.8 Å². The summed E-state index contributed by atoms with van der Waals surface area (Å²) in [5.74, 6) is -0.105. The number of thioether (sulfide) groups is 1. The summed E-state index contributed by atoms with van der Waals surface area (Å²) in [6.07, 6.45) is 1.80. The molecule has 0 bridgehead atoms. The van der Waals surface area contributed by atoms with Crippen LogP contribution < -0.4 is 4.90 Å². The first-order valence-electron chi connectivity index (χ1n) is 7.41. The monoisotopic (exact) mass is 348 g/mol. The molecule has 1 aromatic heterocycles. The first kappa shape index (κ1) is 15.1. The maximum absolute atomic E-state index is 12.7. The number of carbonyl (C=O) groups excluding carboxylic acids is 1. The summed E-state index contributed by atoms with van der Waals surface area (Å²) in [5.41, 5.74) is 2.45. The van der Waals surface area contributed by atoms with Gasteiger partial charge in [0.15, 0.2) is 4.32 Å². The van der Waals surface area contributed by atoms with Crippen LogP contribution in [0.3, 0.4) is 0 Å². The molecule has 0 radical (unpaired) electrons. The third-order valence-electron chi connectivity index (χ3n) is 3.71. The van der Waals surface area contributed by atoms with Gasteiger partial charge in [0, 0.05) is 5.39 Å². The Morgan fingerprint density at radius 2 is 1.71 bits per heavy atom. The minimum atomic E-state index is -0.105. The molecule has 116 valence electrons. The summed E-state index contributed by atoms with van der Waals surface area (Å²) in [7, 11) is 0. The number of benzene rings is 2. The Bertz CT molecular complexity index is 983. The number of carbonyl (C=O) groups is 1. The fourth-order valence-electron chi connectivity index (χ4n) is 2.56. The normalized spacial score (nSPS) is 16.3. The van der Waals surface area contributed by atoms with Crippen LogP contribution in [0.2, 0.25) is 0 Å². The highest BCUT2D eigenvalue weighted by Crippen LogP contribution is 2.35. The quantitative estimate of drug-likeness (QED) is 0.499. The standard InChI is InChI=1S/C19H12N2OS2/c22-18-17(24-19(23)21(18)15-7-2-1-3-8-15)12-14-11-10-13-6-4-5-9-16(13)20-14/h1-12H/b17-12+. The van der Waals surface area contributed by atoms with Crippen molar-refractivity contribution in [2.75, 3.05) is 4.90 Å². The molecular formula is C19H12N2OS2. The molecule has 0 unspecified atom stereocenters. The molecule has 0 N–H and O–H groups in total. The smallest absolute Gasteiger partial charge is 0.268 e. The lowest BCUT2D eigenvalue weighted by molar-refractivity contribution is -0.113. The minimum absolute atomic E-state index is 0.105. The summed E-state index contributed by atoms with van der Waals surface area (Å²) in [4.78, 5) is 19.4. The molecule has 5 heteroatoms. The number of thiocarbonyl (C=S) groups is 1. The van der Waals surface area contributed by atoms with Crippen LogP contribution in [-0.2, 0) is 4.79 Å². The summed E-state index contributed by atoms with van der Waals surface area (Å²) in [5, 5.41) is 1.08. The fourth-order valence-corrected chi connectivity index (χ4v) is 3.85. The van der Waals surface area contributed by atoms with Gasteiger partial charge in [-0.3, -0.25) is 9.69 Å². The molecule has 0 spiro atoms. The second-order valence-electron chi connectivity index (χ2n) is 5.28. The Kier molecular flexibility index (Phi) is 3.88. The first-order chi connectivity index (χ1) is 11.7. The summed E-state index contributed by atoms with van der Waals surface area (Å²) in [6.45, 7) is 0. The van der Waals surface area contributed by atoms with Gasteiger partial charge in [-0.2, -0.15) is 0 Å². The van der Waals surface area contributed by atoms with Crippen LogP contribution in [0, 0.1) is 0 Å². The Morgan fingerprint density at radius 1 is 0.958 bits per heavy atom. The van der Waals surface area contributed by atoms with Gasteiger partial charge in [0.1, 0.15) is 0 Å². The van der Waals surface area contributed by atoms with E-state index in [1.54, 1.807) is 11.0 Å². The Hall–Kier alpha value is -2.50. The van der Waals surface area contributed by atoms with Crippen molar-refractivity contribution in [3.8, 4) is 0 Å². The van der Waals surface area contributed by atoms with Gasteiger partial charge in [0.05, 0.1) is 21.8 Å². The van der Waals surface area contributed by atoms with E-state index < -0.39 is 0 Å². The number of anilines is 1. The Morgan fingerprint density at radius 3 is 2.54 bits per heavy atom. The highest BCUT2D eigenvalue weighted by atomic mass is 32.2. The van der Waals surface area contributed by atoms with Crippen LogP contribution in [0.25, 0.3) is 17.0 Å². The zero-order valence-corrected chi connectivity index (χ0v) is 14.2. The molecule has 24 heavy (non-hydrogen) atoms. The minimum Gasteiger partial charge on any atom is -0.268 e. The van der Waals surface area contributed by atoms with Crippen LogP contribution >= 0.6 is 24.0 Å². The lowest BCUT2D eigenvalue weighted by Gasteiger charge is -2.13. The van der Waals surface area contributed by atoms with Gasteiger partial charge in [-0.05, 0) is 30.3 Å². The number of nitrogens with zero attached hydrogens (tertiary/aromatic N) is 2. The van der Waals surface area contributed by atoms with Gasteiger partial charge in [-0.25, -0.2) is 4.98 Å². The second-order valence-corrected chi connectivity index (χ2v) is 6.96. The maximum atomic E-state index is 12.7. The van der Waals surface area contributed by atoms with Crippen molar-refractivity contribution in [2.24, 2.45) is 0 Å². The van der Waals surface area contributed by atoms with E-state index in [4.69, 9.17) is 12.2 Å². The lowest BCUT2D eigenvalue weighted by atomic mass is 10.2. The predicted molar refractivity (Wildman–Crippen MR) is 104 cm³/mol. The first-order valence-corrected chi connectivity index (χ1v) is 8.64. The van der Waals surface area contributed by atoms with Gasteiger partial charge in [-0.15, -0.1) is 0 Å². The van der Waals surface area contributed by atoms with Crippen molar-refractivity contribution >= 4 is 56.9 Å². The van der Waals surface area contributed by atoms with E-state index in [2.05, 4.69) is 4.98 Å². The molecule has 1 saturated heterocycles.